The molecule has 0 unspecified atom stereocenters. The van der Waals surface area contributed by atoms with Crippen LogP contribution in [0.5, 0.6) is 0 Å². The number of anilines is 1. The third-order valence-corrected chi connectivity index (χ3v) is 7.49. The van der Waals surface area contributed by atoms with Crippen molar-refractivity contribution >= 4 is 27.8 Å². The van der Waals surface area contributed by atoms with Crippen LogP contribution in [-0.4, -0.2) is 39.1 Å². The minimum Gasteiger partial charge on any atom is -0.383 e. The first-order valence-corrected chi connectivity index (χ1v) is 13.2. The van der Waals surface area contributed by atoms with E-state index in [1.807, 2.05) is 17.8 Å². The number of benzene rings is 1. The van der Waals surface area contributed by atoms with E-state index in [-0.39, 0.29) is 23.0 Å². The standard InChI is InChI=1S/C27H30FN9O/c1-4-17(5-2)35-13-15(12-32-35)23-22-24(29)30-14-31-26(22)37(34-23)21(6-3)25-33-20-10-7-16(28)11-19(20)27(38)36(25)18-8-9-18/h7,10-14,17-18,21H,4-6,8-9H2,1-3H3,(H2,29,30,31)/t21-/m0/s1. The van der Waals surface area contributed by atoms with E-state index >= 15 is 0 Å². The minimum atomic E-state index is -0.456. The van der Waals surface area contributed by atoms with E-state index in [1.165, 1.54) is 18.5 Å². The Morgan fingerprint density at radius 1 is 1.13 bits per heavy atom. The summed E-state index contributed by atoms with van der Waals surface area (Å²) in [7, 11) is 0. The van der Waals surface area contributed by atoms with Crippen molar-refractivity contribution in [1.29, 1.82) is 0 Å². The fraction of sp³-hybridized carbons (Fsp3) is 0.407. The highest BCUT2D eigenvalue weighted by atomic mass is 19.1. The van der Waals surface area contributed by atoms with Crippen LogP contribution in [0.2, 0.25) is 0 Å². The summed E-state index contributed by atoms with van der Waals surface area (Å²) >= 11 is 0. The molecule has 0 saturated heterocycles. The average molecular weight is 516 g/mol. The van der Waals surface area contributed by atoms with Gasteiger partial charge in [0.15, 0.2) is 5.65 Å². The molecule has 1 aromatic carbocycles. The van der Waals surface area contributed by atoms with Gasteiger partial charge in [0, 0.05) is 17.8 Å². The molecule has 1 saturated carbocycles. The fourth-order valence-corrected chi connectivity index (χ4v) is 5.31. The summed E-state index contributed by atoms with van der Waals surface area (Å²) in [5.74, 6) is 0.449. The Hall–Kier alpha value is -4.15. The van der Waals surface area contributed by atoms with Crippen LogP contribution in [-0.2, 0) is 0 Å². The van der Waals surface area contributed by atoms with Crippen LogP contribution >= 0.6 is 0 Å². The number of halogens is 1. The second-order valence-corrected chi connectivity index (χ2v) is 9.89. The van der Waals surface area contributed by atoms with Crippen molar-refractivity contribution in [3.8, 4) is 11.3 Å². The number of fused-ring (bicyclic) bond motifs is 2. The molecular weight excluding hydrogens is 485 g/mol. The maximum absolute atomic E-state index is 14.0. The van der Waals surface area contributed by atoms with Gasteiger partial charge >= 0.3 is 0 Å². The predicted molar refractivity (Wildman–Crippen MR) is 143 cm³/mol. The summed E-state index contributed by atoms with van der Waals surface area (Å²) in [6, 6.07) is 4.06. The van der Waals surface area contributed by atoms with Gasteiger partial charge in [-0.3, -0.25) is 14.0 Å². The zero-order valence-corrected chi connectivity index (χ0v) is 21.7. The normalized spacial score (nSPS) is 14.7. The lowest BCUT2D eigenvalue weighted by Gasteiger charge is -2.21. The Balaban J connectivity index is 1.57. The maximum Gasteiger partial charge on any atom is 0.261 e. The van der Waals surface area contributed by atoms with E-state index in [4.69, 9.17) is 15.8 Å². The lowest BCUT2D eigenvalue weighted by atomic mass is 10.1. The number of nitrogens with two attached hydrogens (primary N) is 1. The lowest BCUT2D eigenvalue weighted by molar-refractivity contribution is 0.428. The van der Waals surface area contributed by atoms with Gasteiger partial charge in [0.2, 0.25) is 0 Å². The molecular formula is C27H30FN9O. The Morgan fingerprint density at radius 3 is 2.63 bits per heavy atom. The number of nitrogens with zero attached hydrogens (tertiary/aromatic N) is 8. The first-order chi connectivity index (χ1) is 18.4. The van der Waals surface area contributed by atoms with Gasteiger partial charge in [-0.25, -0.2) is 24.0 Å². The zero-order chi connectivity index (χ0) is 26.6. The molecule has 10 nitrogen and oxygen atoms in total. The van der Waals surface area contributed by atoms with Crippen molar-refractivity contribution in [2.45, 2.75) is 71.0 Å². The maximum atomic E-state index is 14.0. The van der Waals surface area contributed by atoms with E-state index in [9.17, 15) is 9.18 Å². The molecule has 5 aromatic rings. The Kier molecular flexibility index (Phi) is 5.93. The molecule has 6 rings (SSSR count). The summed E-state index contributed by atoms with van der Waals surface area (Å²) in [4.78, 5) is 27.3. The monoisotopic (exact) mass is 515 g/mol. The van der Waals surface area contributed by atoms with Crippen LogP contribution in [0.15, 0.2) is 41.7 Å². The first kappa shape index (κ1) is 24.2. The first-order valence-electron chi connectivity index (χ1n) is 13.2. The summed E-state index contributed by atoms with van der Waals surface area (Å²) in [5, 5.41) is 10.5. The fourth-order valence-electron chi connectivity index (χ4n) is 5.31. The van der Waals surface area contributed by atoms with Crippen molar-refractivity contribution in [1.82, 2.24) is 39.1 Å². The van der Waals surface area contributed by atoms with Crippen LogP contribution in [0, 0.1) is 5.82 Å². The second kappa shape index (κ2) is 9.30. The Morgan fingerprint density at radius 2 is 1.92 bits per heavy atom. The van der Waals surface area contributed by atoms with E-state index < -0.39 is 11.9 Å². The quantitative estimate of drug-likeness (QED) is 0.314. The Labute approximate surface area is 218 Å². The number of nitrogen functional groups attached to an aromatic ring is 1. The van der Waals surface area contributed by atoms with Crippen LogP contribution in [0.1, 0.15) is 76.8 Å². The van der Waals surface area contributed by atoms with Gasteiger partial charge in [-0.05, 0) is 50.3 Å². The Bertz CT molecular complexity index is 1710. The number of rotatable bonds is 8. The third kappa shape index (κ3) is 3.84. The van der Waals surface area contributed by atoms with Gasteiger partial charge < -0.3 is 5.73 Å². The van der Waals surface area contributed by atoms with Crippen LogP contribution in [0.25, 0.3) is 33.2 Å². The van der Waals surface area contributed by atoms with Gasteiger partial charge in [0.1, 0.15) is 35.5 Å². The van der Waals surface area contributed by atoms with E-state index in [2.05, 4.69) is 28.9 Å². The average Bonchev–Trinajstić information content (AvgIpc) is 3.50. The van der Waals surface area contributed by atoms with Crippen molar-refractivity contribution in [3.63, 3.8) is 0 Å². The van der Waals surface area contributed by atoms with E-state index in [0.29, 0.717) is 40.3 Å². The number of hydrogen-bond acceptors (Lipinski definition) is 7. The van der Waals surface area contributed by atoms with Crippen molar-refractivity contribution in [2.24, 2.45) is 0 Å². The van der Waals surface area contributed by atoms with Gasteiger partial charge in [0.25, 0.3) is 5.56 Å². The molecule has 4 heterocycles. The summed E-state index contributed by atoms with van der Waals surface area (Å²) in [5.41, 5.74) is 8.61. The lowest BCUT2D eigenvalue weighted by Crippen LogP contribution is -2.29. The van der Waals surface area contributed by atoms with Gasteiger partial charge in [-0.1, -0.05) is 20.8 Å². The van der Waals surface area contributed by atoms with Gasteiger partial charge in [0.05, 0.1) is 28.5 Å². The molecule has 1 aliphatic carbocycles. The molecule has 0 aliphatic heterocycles. The summed E-state index contributed by atoms with van der Waals surface area (Å²) < 4.78 is 19.5. The van der Waals surface area contributed by atoms with Crippen molar-refractivity contribution < 1.29 is 4.39 Å². The highest BCUT2D eigenvalue weighted by Gasteiger charge is 2.33. The van der Waals surface area contributed by atoms with E-state index in [1.54, 1.807) is 21.5 Å². The van der Waals surface area contributed by atoms with Crippen LogP contribution < -0.4 is 11.3 Å². The van der Waals surface area contributed by atoms with E-state index in [0.717, 1.165) is 31.2 Å². The molecule has 1 aliphatic rings. The predicted octanol–water partition coefficient (Wildman–Crippen LogP) is 4.82. The molecule has 196 valence electrons. The van der Waals surface area contributed by atoms with Crippen molar-refractivity contribution in [2.75, 3.05) is 5.73 Å². The molecule has 38 heavy (non-hydrogen) atoms. The molecule has 0 spiro atoms. The third-order valence-electron chi connectivity index (χ3n) is 7.49. The molecule has 0 radical (unpaired) electrons. The highest BCUT2D eigenvalue weighted by Crippen LogP contribution is 2.39. The number of hydrogen-bond donors (Lipinski definition) is 1. The molecule has 2 N–H and O–H groups in total. The smallest absolute Gasteiger partial charge is 0.261 e. The number of aromatic nitrogens is 8. The summed E-state index contributed by atoms with van der Waals surface area (Å²) in [6.07, 6.45) is 9.48. The molecule has 1 atom stereocenters. The molecule has 4 aromatic heterocycles. The topological polar surface area (TPSA) is 122 Å². The highest BCUT2D eigenvalue weighted by molar-refractivity contribution is 5.98. The van der Waals surface area contributed by atoms with Gasteiger partial charge in [-0.15, -0.1) is 0 Å². The molecule has 0 bridgehead atoms. The molecule has 11 heteroatoms. The van der Waals surface area contributed by atoms with Gasteiger partial charge in [-0.2, -0.15) is 10.2 Å². The largest absolute Gasteiger partial charge is 0.383 e. The molecule has 1 fully saturated rings. The van der Waals surface area contributed by atoms with Crippen LogP contribution in [0.4, 0.5) is 10.2 Å². The van der Waals surface area contributed by atoms with Crippen molar-refractivity contribution in [3.05, 3.63) is 58.9 Å². The SMILES string of the molecule is CCC(CC)n1cc(-c2nn([C@@H](CC)c3nc4ccc(F)cc4c(=O)n3C3CC3)c3ncnc(N)c23)cn1. The second-order valence-electron chi connectivity index (χ2n) is 9.89. The van der Waals surface area contributed by atoms with Crippen LogP contribution in [0.3, 0.4) is 0 Å². The summed E-state index contributed by atoms with van der Waals surface area (Å²) in [6.45, 7) is 6.30. The molecule has 0 amide bonds. The minimum absolute atomic E-state index is 0.0333. The zero-order valence-electron chi connectivity index (χ0n) is 21.7.